The number of nitrogens with one attached hydrogen (secondary N) is 1. The molecule has 0 aliphatic carbocycles. The lowest BCUT2D eigenvalue weighted by Gasteiger charge is -2.08. The Morgan fingerprint density at radius 1 is 1.33 bits per heavy atom. The fraction of sp³-hybridized carbons (Fsp3) is 0.222. The van der Waals surface area contributed by atoms with Gasteiger partial charge in [0, 0.05) is 15.6 Å². The number of rotatable bonds is 0. The van der Waals surface area contributed by atoms with Gasteiger partial charge in [-0.2, -0.15) is 18.3 Å². The van der Waals surface area contributed by atoms with E-state index < -0.39 is 11.7 Å². The van der Waals surface area contributed by atoms with Crippen molar-refractivity contribution in [2.24, 2.45) is 0 Å². The molecule has 1 aromatic carbocycles. The number of hydrogen-bond donors (Lipinski definition) is 1. The monoisotopic (exact) mass is 278 g/mol. The highest BCUT2D eigenvalue weighted by Gasteiger charge is 2.34. The number of aryl methyl sites for hydroxylation is 1. The van der Waals surface area contributed by atoms with E-state index in [0.29, 0.717) is 15.7 Å². The second-order valence-electron chi connectivity index (χ2n) is 3.19. The van der Waals surface area contributed by atoms with Crippen molar-refractivity contribution in [1.29, 1.82) is 0 Å². The number of alkyl halides is 3. The van der Waals surface area contributed by atoms with Gasteiger partial charge in [0.05, 0.1) is 11.1 Å². The third kappa shape index (κ3) is 1.73. The first kappa shape index (κ1) is 10.5. The highest BCUT2D eigenvalue weighted by Crippen LogP contribution is 2.37. The Bertz CT molecular complexity index is 516. The van der Waals surface area contributed by atoms with Crippen LogP contribution in [0.2, 0.25) is 0 Å². The Labute approximate surface area is 91.6 Å². The summed E-state index contributed by atoms with van der Waals surface area (Å²) in [4.78, 5) is 0. The Hall–Kier alpha value is -1.04. The van der Waals surface area contributed by atoms with Gasteiger partial charge in [-0.15, -0.1) is 0 Å². The zero-order chi connectivity index (χ0) is 11.2. The number of aromatic nitrogens is 2. The van der Waals surface area contributed by atoms with Gasteiger partial charge in [0.2, 0.25) is 0 Å². The minimum atomic E-state index is -4.36. The van der Waals surface area contributed by atoms with Crippen molar-refractivity contribution in [2.75, 3.05) is 0 Å². The predicted molar refractivity (Wildman–Crippen MR) is 53.5 cm³/mol. The first-order chi connectivity index (χ1) is 6.89. The van der Waals surface area contributed by atoms with Gasteiger partial charge in [0.25, 0.3) is 0 Å². The highest BCUT2D eigenvalue weighted by atomic mass is 79.9. The number of aromatic amines is 1. The lowest BCUT2D eigenvalue weighted by Crippen LogP contribution is -2.05. The first-order valence-electron chi connectivity index (χ1n) is 4.11. The van der Waals surface area contributed by atoms with Crippen molar-refractivity contribution < 1.29 is 13.2 Å². The van der Waals surface area contributed by atoms with Gasteiger partial charge < -0.3 is 0 Å². The summed E-state index contributed by atoms with van der Waals surface area (Å²) in [6.07, 6.45) is -4.36. The van der Waals surface area contributed by atoms with Crippen LogP contribution in [-0.2, 0) is 6.18 Å². The average Bonchev–Trinajstić information content (AvgIpc) is 2.44. The molecule has 0 atom stereocenters. The van der Waals surface area contributed by atoms with Crippen LogP contribution in [0.1, 0.15) is 11.3 Å². The lowest BCUT2D eigenvalue weighted by atomic mass is 10.1. The summed E-state index contributed by atoms with van der Waals surface area (Å²) in [5.41, 5.74) is 0.0668. The Kier molecular flexibility index (Phi) is 2.26. The summed E-state index contributed by atoms with van der Waals surface area (Å²) in [5.74, 6) is 0. The summed E-state index contributed by atoms with van der Waals surface area (Å²) >= 11 is 3.03. The minimum absolute atomic E-state index is 0.130. The number of hydrogen-bond acceptors (Lipinski definition) is 1. The number of nitrogens with zero attached hydrogens (tertiary/aromatic N) is 1. The highest BCUT2D eigenvalue weighted by molar-refractivity contribution is 9.10. The summed E-state index contributed by atoms with van der Waals surface area (Å²) in [5, 5.41) is 6.47. The zero-order valence-electron chi connectivity index (χ0n) is 7.61. The van der Waals surface area contributed by atoms with Crippen LogP contribution < -0.4 is 0 Å². The van der Waals surface area contributed by atoms with Crippen molar-refractivity contribution in [2.45, 2.75) is 13.1 Å². The molecule has 15 heavy (non-hydrogen) atoms. The number of fused-ring (bicyclic) bond motifs is 1. The summed E-state index contributed by atoms with van der Waals surface area (Å²) < 4.78 is 38.4. The number of halogens is 4. The van der Waals surface area contributed by atoms with Crippen LogP contribution in [0, 0.1) is 6.92 Å². The fourth-order valence-electron chi connectivity index (χ4n) is 1.50. The van der Waals surface area contributed by atoms with E-state index in [-0.39, 0.29) is 5.39 Å². The van der Waals surface area contributed by atoms with E-state index in [9.17, 15) is 13.2 Å². The van der Waals surface area contributed by atoms with E-state index in [1.807, 2.05) is 0 Å². The molecule has 2 rings (SSSR count). The number of benzene rings is 1. The largest absolute Gasteiger partial charge is 0.417 e. The van der Waals surface area contributed by atoms with Gasteiger partial charge in [-0.3, -0.25) is 5.10 Å². The first-order valence-corrected chi connectivity index (χ1v) is 4.90. The van der Waals surface area contributed by atoms with E-state index in [4.69, 9.17) is 0 Å². The zero-order valence-corrected chi connectivity index (χ0v) is 9.20. The fourth-order valence-corrected chi connectivity index (χ4v) is 1.94. The van der Waals surface area contributed by atoms with Crippen LogP contribution in [0.4, 0.5) is 13.2 Å². The molecule has 0 amide bonds. The van der Waals surface area contributed by atoms with Crippen LogP contribution in [0.25, 0.3) is 10.9 Å². The maximum atomic E-state index is 12.7. The predicted octanol–water partition coefficient (Wildman–Crippen LogP) is 3.65. The van der Waals surface area contributed by atoms with Crippen LogP contribution in [0.3, 0.4) is 0 Å². The third-order valence-electron chi connectivity index (χ3n) is 2.11. The second-order valence-corrected chi connectivity index (χ2v) is 4.11. The normalized spacial score (nSPS) is 12.3. The van der Waals surface area contributed by atoms with Crippen molar-refractivity contribution >= 4 is 26.8 Å². The van der Waals surface area contributed by atoms with E-state index in [2.05, 4.69) is 26.1 Å². The smallest absolute Gasteiger partial charge is 0.282 e. The standard InChI is InChI=1S/C9H6BrF3N2/c1-4-8-6(9(11,12)13)2-5(10)3-7(8)15-14-4/h2-3H,1H3,(H,14,15). The molecule has 2 nitrogen and oxygen atoms in total. The Morgan fingerprint density at radius 2 is 2.00 bits per heavy atom. The van der Waals surface area contributed by atoms with Crippen LogP contribution in [-0.4, -0.2) is 10.2 Å². The van der Waals surface area contributed by atoms with Crippen LogP contribution in [0.15, 0.2) is 16.6 Å². The molecule has 0 aliphatic heterocycles. The molecule has 6 heteroatoms. The molecule has 0 radical (unpaired) electrons. The van der Waals surface area contributed by atoms with E-state index >= 15 is 0 Å². The van der Waals surface area contributed by atoms with Gasteiger partial charge in [0.15, 0.2) is 0 Å². The molecule has 1 N–H and O–H groups in total. The Balaban J connectivity index is 2.87. The maximum Gasteiger partial charge on any atom is 0.417 e. The Morgan fingerprint density at radius 3 is 2.60 bits per heavy atom. The summed E-state index contributed by atoms with van der Waals surface area (Å²) in [6, 6.07) is 2.61. The van der Waals surface area contributed by atoms with Gasteiger partial charge in [-0.05, 0) is 19.1 Å². The molecule has 2 aromatic rings. The molecule has 0 saturated heterocycles. The molecule has 0 spiro atoms. The minimum Gasteiger partial charge on any atom is -0.282 e. The molecule has 1 aromatic heterocycles. The molecular weight excluding hydrogens is 273 g/mol. The van der Waals surface area contributed by atoms with Crippen molar-refractivity contribution in [3.05, 3.63) is 27.9 Å². The quantitative estimate of drug-likeness (QED) is 0.783. The van der Waals surface area contributed by atoms with E-state index in [1.54, 1.807) is 13.0 Å². The molecule has 0 unspecified atom stereocenters. The topological polar surface area (TPSA) is 28.7 Å². The second kappa shape index (κ2) is 3.23. The van der Waals surface area contributed by atoms with Crippen LogP contribution in [0.5, 0.6) is 0 Å². The van der Waals surface area contributed by atoms with Gasteiger partial charge in [-0.25, -0.2) is 0 Å². The average molecular weight is 279 g/mol. The summed E-state index contributed by atoms with van der Waals surface area (Å²) in [6.45, 7) is 1.57. The van der Waals surface area contributed by atoms with Crippen molar-refractivity contribution in [1.82, 2.24) is 10.2 Å². The van der Waals surface area contributed by atoms with E-state index in [0.717, 1.165) is 6.07 Å². The van der Waals surface area contributed by atoms with Gasteiger partial charge in [-0.1, -0.05) is 15.9 Å². The molecule has 1 heterocycles. The number of H-pyrrole nitrogens is 1. The van der Waals surface area contributed by atoms with Gasteiger partial charge in [0.1, 0.15) is 0 Å². The SMILES string of the molecule is Cc1[nH]nc2cc(Br)cc(C(F)(F)F)c12. The van der Waals surface area contributed by atoms with Gasteiger partial charge >= 0.3 is 6.18 Å². The van der Waals surface area contributed by atoms with Crippen LogP contribution >= 0.6 is 15.9 Å². The molecule has 0 aliphatic rings. The molecule has 0 saturated carbocycles. The lowest BCUT2D eigenvalue weighted by molar-refractivity contribution is -0.136. The van der Waals surface area contributed by atoms with Crippen molar-refractivity contribution in [3.63, 3.8) is 0 Å². The molecular formula is C9H6BrF3N2. The third-order valence-corrected chi connectivity index (χ3v) is 2.56. The van der Waals surface area contributed by atoms with Crippen molar-refractivity contribution in [3.8, 4) is 0 Å². The maximum absolute atomic E-state index is 12.7. The molecule has 0 bridgehead atoms. The molecule has 0 fully saturated rings. The van der Waals surface area contributed by atoms with E-state index in [1.165, 1.54) is 0 Å². The summed E-state index contributed by atoms with van der Waals surface area (Å²) in [7, 11) is 0. The molecule has 80 valence electrons.